The summed E-state index contributed by atoms with van der Waals surface area (Å²) in [4.78, 5) is 16.7. The maximum Gasteiger partial charge on any atom is 0.289 e. The Labute approximate surface area is 200 Å². The molecule has 4 aromatic rings. The van der Waals surface area contributed by atoms with Gasteiger partial charge in [0.25, 0.3) is 5.91 Å². The third-order valence-corrected chi connectivity index (χ3v) is 6.19. The first kappa shape index (κ1) is 22.2. The van der Waals surface area contributed by atoms with Gasteiger partial charge in [0.1, 0.15) is 5.82 Å². The van der Waals surface area contributed by atoms with Gasteiger partial charge in [-0.25, -0.2) is 9.07 Å². The molecule has 1 fully saturated rings. The van der Waals surface area contributed by atoms with E-state index in [0.717, 1.165) is 11.1 Å². The first-order valence-corrected chi connectivity index (χ1v) is 11.3. The van der Waals surface area contributed by atoms with Crippen LogP contribution in [0.5, 0.6) is 0 Å². The summed E-state index contributed by atoms with van der Waals surface area (Å²) in [6.45, 7) is 2.75. The van der Waals surface area contributed by atoms with E-state index in [4.69, 9.17) is 16.0 Å². The topological polar surface area (TPSA) is 80.3 Å². The maximum absolute atomic E-state index is 13.3. The fourth-order valence-electron chi connectivity index (χ4n) is 4.19. The van der Waals surface area contributed by atoms with Crippen LogP contribution in [0, 0.1) is 5.82 Å². The Hall–Kier alpha value is -3.56. The van der Waals surface area contributed by atoms with Gasteiger partial charge in [0.05, 0.1) is 18.8 Å². The van der Waals surface area contributed by atoms with Crippen LogP contribution < -0.4 is 0 Å². The summed E-state index contributed by atoms with van der Waals surface area (Å²) in [5, 5.41) is 13.1. The number of furan rings is 1. The largest absolute Gasteiger partial charge is 0.459 e. The Morgan fingerprint density at radius 3 is 2.44 bits per heavy atom. The predicted octanol–water partition coefficient (Wildman–Crippen LogP) is 3.65. The molecule has 0 unspecified atom stereocenters. The van der Waals surface area contributed by atoms with Crippen molar-refractivity contribution < 1.29 is 13.6 Å². The van der Waals surface area contributed by atoms with Crippen LogP contribution in [-0.2, 0) is 6.54 Å². The first-order valence-electron chi connectivity index (χ1n) is 10.9. The molecule has 34 heavy (non-hydrogen) atoms. The summed E-state index contributed by atoms with van der Waals surface area (Å²) in [5.41, 5.74) is 1.88. The lowest BCUT2D eigenvalue weighted by atomic mass is 10.0. The fourth-order valence-corrected chi connectivity index (χ4v) is 4.32. The Morgan fingerprint density at radius 2 is 1.76 bits per heavy atom. The Bertz CT molecular complexity index is 1240. The van der Waals surface area contributed by atoms with Crippen molar-refractivity contribution in [3.63, 3.8) is 0 Å². The van der Waals surface area contributed by atoms with E-state index in [0.29, 0.717) is 49.3 Å². The van der Waals surface area contributed by atoms with Crippen molar-refractivity contribution in [1.82, 2.24) is 30.0 Å². The van der Waals surface area contributed by atoms with Gasteiger partial charge >= 0.3 is 0 Å². The summed E-state index contributed by atoms with van der Waals surface area (Å²) in [6.07, 6.45) is 1.50. The Kier molecular flexibility index (Phi) is 6.37. The van der Waals surface area contributed by atoms with E-state index in [1.165, 1.54) is 18.4 Å². The number of carbonyl (C=O) groups excluding carboxylic acids is 1. The molecule has 5 rings (SSSR count). The summed E-state index contributed by atoms with van der Waals surface area (Å²) in [7, 11) is 0. The van der Waals surface area contributed by atoms with Crippen LogP contribution in [0.15, 0.2) is 71.3 Å². The van der Waals surface area contributed by atoms with Crippen LogP contribution in [0.25, 0.3) is 0 Å². The molecule has 0 radical (unpaired) electrons. The molecule has 10 heteroatoms. The number of hydrogen-bond acceptors (Lipinski definition) is 6. The van der Waals surface area contributed by atoms with E-state index >= 15 is 0 Å². The number of benzene rings is 2. The standard InChI is InChI=1S/C24H22ClFN6O2/c25-19-7-5-18(6-8-19)22(23-27-28-29-32(23)16-17-3-9-20(26)10-4-17)30-11-13-31(14-12-30)24(33)21-2-1-15-34-21/h1-10,15,22H,11-14,16H2/t22-/m0/s1. The molecule has 2 aromatic heterocycles. The number of aromatic nitrogens is 4. The van der Waals surface area contributed by atoms with Crippen LogP contribution in [0.4, 0.5) is 4.39 Å². The van der Waals surface area contributed by atoms with Gasteiger partial charge in [0, 0.05) is 31.2 Å². The molecule has 2 aromatic carbocycles. The van der Waals surface area contributed by atoms with Gasteiger partial charge in [0.2, 0.25) is 0 Å². The summed E-state index contributed by atoms with van der Waals surface area (Å²) < 4.78 is 20.4. The molecule has 1 saturated heterocycles. The first-order chi connectivity index (χ1) is 16.6. The van der Waals surface area contributed by atoms with Gasteiger partial charge in [-0.3, -0.25) is 9.69 Å². The molecule has 1 aliphatic rings. The number of nitrogens with zero attached hydrogens (tertiary/aromatic N) is 6. The zero-order chi connectivity index (χ0) is 23.5. The lowest BCUT2D eigenvalue weighted by Crippen LogP contribution is -2.50. The second kappa shape index (κ2) is 9.74. The number of hydrogen-bond donors (Lipinski definition) is 0. The summed E-state index contributed by atoms with van der Waals surface area (Å²) in [5.74, 6) is 0.596. The summed E-state index contributed by atoms with van der Waals surface area (Å²) in [6, 6.07) is 17.0. The van der Waals surface area contributed by atoms with E-state index in [-0.39, 0.29) is 17.8 Å². The maximum atomic E-state index is 13.3. The molecule has 8 nitrogen and oxygen atoms in total. The summed E-state index contributed by atoms with van der Waals surface area (Å²) >= 11 is 6.14. The Balaban J connectivity index is 1.40. The van der Waals surface area contributed by atoms with Crippen molar-refractivity contribution in [2.24, 2.45) is 0 Å². The van der Waals surface area contributed by atoms with Crippen molar-refractivity contribution in [2.45, 2.75) is 12.6 Å². The number of halogens is 2. The van der Waals surface area contributed by atoms with Crippen LogP contribution in [-0.4, -0.2) is 62.1 Å². The van der Waals surface area contributed by atoms with Gasteiger partial charge < -0.3 is 9.32 Å². The Morgan fingerprint density at radius 1 is 1.03 bits per heavy atom. The fraction of sp³-hybridized carbons (Fsp3) is 0.250. The van der Waals surface area contributed by atoms with Gasteiger partial charge in [0.15, 0.2) is 11.6 Å². The predicted molar refractivity (Wildman–Crippen MR) is 123 cm³/mol. The van der Waals surface area contributed by atoms with E-state index < -0.39 is 0 Å². The molecule has 0 N–H and O–H groups in total. The molecule has 0 spiro atoms. The highest BCUT2D eigenvalue weighted by molar-refractivity contribution is 6.30. The lowest BCUT2D eigenvalue weighted by Gasteiger charge is -2.38. The molecule has 0 bridgehead atoms. The van der Waals surface area contributed by atoms with Crippen LogP contribution in [0.2, 0.25) is 5.02 Å². The third-order valence-electron chi connectivity index (χ3n) is 5.93. The van der Waals surface area contributed by atoms with Gasteiger partial charge in [-0.05, 0) is 58.0 Å². The van der Waals surface area contributed by atoms with Gasteiger partial charge in [-0.15, -0.1) is 5.10 Å². The van der Waals surface area contributed by atoms with E-state index in [1.54, 1.807) is 33.8 Å². The van der Waals surface area contributed by atoms with Crippen molar-refractivity contribution in [3.05, 3.63) is 100 Å². The van der Waals surface area contributed by atoms with Crippen LogP contribution >= 0.6 is 11.6 Å². The van der Waals surface area contributed by atoms with Gasteiger partial charge in [-0.1, -0.05) is 35.9 Å². The number of piperazine rings is 1. The molecule has 1 amide bonds. The highest BCUT2D eigenvalue weighted by Gasteiger charge is 2.32. The molecule has 3 heterocycles. The molecular formula is C24H22ClFN6O2. The highest BCUT2D eigenvalue weighted by atomic mass is 35.5. The lowest BCUT2D eigenvalue weighted by molar-refractivity contribution is 0.0559. The second-order valence-corrected chi connectivity index (χ2v) is 8.52. The zero-order valence-corrected chi connectivity index (χ0v) is 19.0. The average molecular weight is 481 g/mol. The minimum Gasteiger partial charge on any atom is -0.459 e. The molecular weight excluding hydrogens is 459 g/mol. The number of tetrazole rings is 1. The number of amides is 1. The second-order valence-electron chi connectivity index (χ2n) is 8.08. The SMILES string of the molecule is O=C(c1ccco1)N1CCN([C@@H](c2ccc(Cl)cc2)c2nnnn2Cc2ccc(F)cc2)CC1. The monoisotopic (exact) mass is 480 g/mol. The smallest absolute Gasteiger partial charge is 0.289 e. The zero-order valence-electron chi connectivity index (χ0n) is 18.2. The molecule has 1 aliphatic heterocycles. The molecule has 0 saturated carbocycles. The average Bonchev–Trinajstić information content (AvgIpc) is 3.55. The van der Waals surface area contributed by atoms with E-state index in [9.17, 15) is 9.18 Å². The normalized spacial score (nSPS) is 15.4. The van der Waals surface area contributed by atoms with Crippen molar-refractivity contribution in [3.8, 4) is 0 Å². The number of carbonyl (C=O) groups is 1. The van der Waals surface area contributed by atoms with Gasteiger partial charge in [-0.2, -0.15) is 0 Å². The molecule has 174 valence electrons. The van der Waals surface area contributed by atoms with Crippen LogP contribution in [0.3, 0.4) is 0 Å². The van der Waals surface area contributed by atoms with Crippen molar-refractivity contribution in [2.75, 3.05) is 26.2 Å². The third kappa shape index (κ3) is 4.71. The van der Waals surface area contributed by atoms with Crippen LogP contribution in [0.1, 0.15) is 33.5 Å². The molecule has 0 aliphatic carbocycles. The number of rotatable bonds is 6. The van der Waals surface area contributed by atoms with E-state index in [2.05, 4.69) is 20.4 Å². The highest BCUT2D eigenvalue weighted by Crippen LogP contribution is 2.29. The minimum absolute atomic E-state index is 0.117. The van der Waals surface area contributed by atoms with E-state index in [1.807, 2.05) is 24.3 Å². The van der Waals surface area contributed by atoms with Crippen molar-refractivity contribution in [1.29, 1.82) is 0 Å². The minimum atomic E-state index is -0.290. The molecule has 1 atom stereocenters. The quantitative estimate of drug-likeness (QED) is 0.419. The van der Waals surface area contributed by atoms with Crippen molar-refractivity contribution >= 4 is 17.5 Å².